The Morgan fingerprint density at radius 1 is 1.00 bits per heavy atom. The van der Waals surface area contributed by atoms with E-state index in [-0.39, 0.29) is 23.1 Å². The first-order chi connectivity index (χ1) is 14.6. The van der Waals surface area contributed by atoms with E-state index in [4.69, 9.17) is 4.42 Å². The normalized spacial score (nSPS) is 14.3. The fourth-order valence-electron chi connectivity index (χ4n) is 3.40. The predicted octanol–water partition coefficient (Wildman–Crippen LogP) is 3.42. The van der Waals surface area contributed by atoms with Crippen LogP contribution in [0.25, 0.3) is 0 Å². The second kappa shape index (κ2) is 8.77. The van der Waals surface area contributed by atoms with E-state index in [1.165, 1.54) is 18.4 Å². The molecule has 8 heteroatoms. The maximum atomic E-state index is 14.0. The summed E-state index contributed by atoms with van der Waals surface area (Å²) in [5.41, 5.74) is 0.659. The van der Waals surface area contributed by atoms with Crippen LogP contribution in [0.3, 0.4) is 0 Å². The van der Waals surface area contributed by atoms with Crippen molar-refractivity contribution in [2.24, 2.45) is 0 Å². The largest absolute Gasteiger partial charge is 0.459 e. The van der Waals surface area contributed by atoms with Crippen LogP contribution in [0.4, 0.5) is 15.9 Å². The van der Waals surface area contributed by atoms with Crippen LogP contribution in [0.2, 0.25) is 0 Å². The number of rotatable bonds is 4. The van der Waals surface area contributed by atoms with Crippen molar-refractivity contribution < 1.29 is 18.4 Å². The van der Waals surface area contributed by atoms with Gasteiger partial charge in [0.25, 0.3) is 11.8 Å². The molecule has 0 saturated carbocycles. The highest BCUT2D eigenvalue weighted by atomic mass is 19.1. The Morgan fingerprint density at radius 3 is 2.60 bits per heavy atom. The summed E-state index contributed by atoms with van der Waals surface area (Å²) in [6.07, 6.45) is 3.78. The average molecular weight is 408 g/mol. The summed E-state index contributed by atoms with van der Waals surface area (Å²) < 4.78 is 19.0. The Labute approximate surface area is 173 Å². The van der Waals surface area contributed by atoms with Gasteiger partial charge in [0.1, 0.15) is 11.6 Å². The Hall–Kier alpha value is -3.68. The van der Waals surface area contributed by atoms with Gasteiger partial charge >= 0.3 is 0 Å². The molecule has 1 aliphatic heterocycles. The quantitative estimate of drug-likeness (QED) is 0.716. The number of pyridine rings is 1. The molecule has 1 aliphatic rings. The zero-order chi connectivity index (χ0) is 20.9. The van der Waals surface area contributed by atoms with Gasteiger partial charge in [-0.2, -0.15) is 0 Å². The molecule has 7 nitrogen and oxygen atoms in total. The van der Waals surface area contributed by atoms with Gasteiger partial charge in [-0.3, -0.25) is 9.59 Å². The SMILES string of the molecule is O=C(Nc1ccc(N2CCCN(C(=O)c3ccccc3F)CC2)nc1)c1ccco1. The lowest BCUT2D eigenvalue weighted by Crippen LogP contribution is -2.35. The van der Waals surface area contributed by atoms with Crippen molar-refractivity contribution in [3.63, 3.8) is 0 Å². The van der Waals surface area contributed by atoms with Gasteiger partial charge in [-0.05, 0) is 42.8 Å². The Balaban J connectivity index is 1.38. The maximum absolute atomic E-state index is 14.0. The van der Waals surface area contributed by atoms with E-state index in [9.17, 15) is 14.0 Å². The summed E-state index contributed by atoms with van der Waals surface area (Å²) in [5, 5.41) is 2.73. The van der Waals surface area contributed by atoms with Crippen molar-refractivity contribution in [3.8, 4) is 0 Å². The average Bonchev–Trinajstić information content (AvgIpc) is 3.19. The molecule has 3 aromatic rings. The lowest BCUT2D eigenvalue weighted by Gasteiger charge is -2.23. The molecule has 30 heavy (non-hydrogen) atoms. The zero-order valence-electron chi connectivity index (χ0n) is 16.3. The lowest BCUT2D eigenvalue weighted by molar-refractivity contribution is 0.0762. The van der Waals surface area contributed by atoms with Gasteiger partial charge in [-0.25, -0.2) is 9.37 Å². The number of benzene rings is 1. The molecule has 3 heterocycles. The number of anilines is 2. The van der Waals surface area contributed by atoms with E-state index in [0.717, 1.165) is 18.8 Å². The van der Waals surface area contributed by atoms with Gasteiger partial charge in [0.15, 0.2) is 5.76 Å². The van der Waals surface area contributed by atoms with Crippen molar-refractivity contribution in [3.05, 3.63) is 78.1 Å². The van der Waals surface area contributed by atoms with Crippen molar-refractivity contribution in [1.82, 2.24) is 9.88 Å². The molecule has 0 unspecified atom stereocenters. The molecule has 4 rings (SSSR count). The Morgan fingerprint density at radius 2 is 1.87 bits per heavy atom. The molecular weight excluding hydrogens is 387 g/mol. The molecule has 1 fully saturated rings. The molecule has 0 aliphatic carbocycles. The minimum atomic E-state index is -0.502. The summed E-state index contributed by atoms with van der Waals surface area (Å²) in [7, 11) is 0. The number of carbonyl (C=O) groups is 2. The van der Waals surface area contributed by atoms with Crippen molar-refractivity contribution >= 4 is 23.3 Å². The first kappa shape index (κ1) is 19.6. The third kappa shape index (κ3) is 4.32. The molecule has 0 atom stereocenters. The van der Waals surface area contributed by atoms with Gasteiger partial charge in [-0.1, -0.05) is 12.1 Å². The molecule has 154 valence electrons. The summed E-state index contributed by atoms with van der Waals surface area (Å²) in [4.78, 5) is 32.9. The monoisotopic (exact) mass is 408 g/mol. The van der Waals surface area contributed by atoms with Gasteiger partial charge in [-0.15, -0.1) is 0 Å². The molecule has 2 aromatic heterocycles. The minimum absolute atomic E-state index is 0.0979. The van der Waals surface area contributed by atoms with Crippen LogP contribution in [-0.4, -0.2) is 47.9 Å². The third-order valence-corrected chi connectivity index (χ3v) is 4.96. The van der Waals surface area contributed by atoms with E-state index in [2.05, 4.69) is 15.2 Å². The van der Waals surface area contributed by atoms with Crippen LogP contribution in [0.5, 0.6) is 0 Å². The number of nitrogens with zero attached hydrogens (tertiary/aromatic N) is 3. The Kier molecular flexibility index (Phi) is 5.74. The zero-order valence-corrected chi connectivity index (χ0v) is 16.3. The first-order valence-electron chi connectivity index (χ1n) is 9.71. The second-order valence-corrected chi connectivity index (χ2v) is 6.95. The number of hydrogen-bond acceptors (Lipinski definition) is 5. The van der Waals surface area contributed by atoms with Crippen LogP contribution >= 0.6 is 0 Å². The maximum Gasteiger partial charge on any atom is 0.291 e. The molecule has 2 amide bonds. The summed E-state index contributed by atoms with van der Waals surface area (Å²) in [6, 6.07) is 12.9. The van der Waals surface area contributed by atoms with Gasteiger partial charge in [0, 0.05) is 26.2 Å². The molecule has 1 saturated heterocycles. The molecule has 0 radical (unpaired) electrons. The van der Waals surface area contributed by atoms with E-state index in [1.807, 2.05) is 6.07 Å². The second-order valence-electron chi connectivity index (χ2n) is 6.95. The summed E-state index contributed by atoms with van der Waals surface area (Å²) >= 11 is 0. The molecule has 1 N–H and O–H groups in total. The summed E-state index contributed by atoms with van der Waals surface area (Å²) in [5.74, 6) is -0.152. The van der Waals surface area contributed by atoms with E-state index >= 15 is 0 Å². The fraction of sp³-hybridized carbons (Fsp3) is 0.227. The highest BCUT2D eigenvalue weighted by Gasteiger charge is 2.22. The number of amides is 2. The molecular formula is C22H21FN4O3. The number of hydrogen-bond donors (Lipinski definition) is 1. The number of carbonyl (C=O) groups excluding carboxylic acids is 2. The Bertz CT molecular complexity index is 1020. The topological polar surface area (TPSA) is 78.7 Å². The van der Waals surface area contributed by atoms with E-state index in [1.54, 1.807) is 41.4 Å². The highest BCUT2D eigenvalue weighted by Crippen LogP contribution is 2.18. The van der Waals surface area contributed by atoms with Crippen molar-refractivity contribution in [1.29, 1.82) is 0 Å². The number of furan rings is 1. The minimum Gasteiger partial charge on any atom is -0.459 e. The van der Waals surface area contributed by atoms with Gasteiger partial charge in [0.2, 0.25) is 0 Å². The number of nitrogens with one attached hydrogen (secondary N) is 1. The van der Waals surface area contributed by atoms with Crippen LogP contribution in [0.1, 0.15) is 27.3 Å². The van der Waals surface area contributed by atoms with Crippen LogP contribution in [-0.2, 0) is 0 Å². The van der Waals surface area contributed by atoms with Crippen molar-refractivity contribution in [2.75, 3.05) is 36.4 Å². The lowest BCUT2D eigenvalue weighted by atomic mass is 10.2. The molecule has 0 bridgehead atoms. The molecule has 0 spiro atoms. The number of halogens is 1. The predicted molar refractivity (Wildman–Crippen MR) is 110 cm³/mol. The van der Waals surface area contributed by atoms with Crippen LogP contribution < -0.4 is 10.2 Å². The highest BCUT2D eigenvalue weighted by molar-refractivity contribution is 6.02. The summed E-state index contributed by atoms with van der Waals surface area (Å²) in [6.45, 7) is 2.35. The standard InChI is InChI=1S/C22H21FN4O3/c23-18-6-2-1-5-17(18)22(29)27-11-4-10-26(12-13-27)20-9-8-16(15-24-20)25-21(28)19-7-3-14-30-19/h1-3,5-9,14-15H,4,10-13H2,(H,25,28). The van der Waals surface area contributed by atoms with Crippen LogP contribution in [0, 0.1) is 5.82 Å². The fourth-order valence-corrected chi connectivity index (χ4v) is 3.40. The van der Waals surface area contributed by atoms with Crippen molar-refractivity contribution in [2.45, 2.75) is 6.42 Å². The first-order valence-corrected chi connectivity index (χ1v) is 9.71. The van der Waals surface area contributed by atoms with E-state index in [0.29, 0.717) is 25.3 Å². The third-order valence-electron chi connectivity index (χ3n) is 4.96. The van der Waals surface area contributed by atoms with E-state index < -0.39 is 5.82 Å². The van der Waals surface area contributed by atoms with Gasteiger partial charge < -0.3 is 19.5 Å². The van der Waals surface area contributed by atoms with Gasteiger partial charge in [0.05, 0.1) is 23.7 Å². The molecule has 1 aromatic carbocycles. The number of aromatic nitrogens is 1. The smallest absolute Gasteiger partial charge is 0.291 e. The van der Waals surface area contributed by atoms with Crippen LogP contribution in [0.15, 0.2) is 65.4 Å².